The number of ether oxygens (including phenoxy) is 1. The van der Waals surface area contributed by atoms with E-state index in [0.29, 0.717) is 11.3 Å². The molecule has 0 aromatic rings. The van der Waals surface area contributed by atoms with E-state index in [2.05, 4.69) is 6.92 Å². The van der Waals surface area contributed by atoms with Crippen LogP contribution in [0, 0.1) is 17.3 Å². The predicted octanol–water partition coefficient (Wildman–Crippen LogP) is 2.05. The second-order valence-electron chi connectivity index (χ2n) is 5.76. The lowest BCUT2D eigenvalue weighted by Gasteiger charge is -2.18. The van der Waals surface area contributed by atoms with E-state index in [1.165, 1.54) is 12.8 Å². The summed E-state index contributed by atoms with van der Waals surface area (Å²) < 4.78 is 6.01. The van der Waals surface area contributed by atoms with Crippen molar-refractivity contribution in [2.45, 2.75) is 51.2 Å². The zero-order valence-corrected chi connectivity index (χ0v) is 9.11. The average Bonchev–Trinajstić information content (AvgIpc) is 3.09. The summed E-state index contributed by atoms with van der Waals surface area (Å²) in [6.07, 6.45) is 5.72. The first kappa shape index (κ1) is 9.64. The van der Waals surface area contributed by atoms with Crippen LogP contribution in [0.1, 0.15) is 39.0 Å². The van der Waals surface area contributed by atoms with Gasteiger partial charge in [0.25, 0.3) is 0 Å². The Bertz CT molecular complexity index is 291. The first-order valence-electron chi connectivity index (χ1n) is 5.98. The lowest BCUT2D eigenvalue weighted by Crippen LogP contribution is -2.25. The number of hydrogen-bond acceptors (Lipinski definition) is 2. The zero-order valence-electron chi connectivity index (χ0n) is 9.11. The Kier molecular flexibility index (Phi) is 1.91. The number of carbonyl (C=O) groups is 1. The Labute approximate surface area is 89.8 Å². The van der Waals surface area contributed by atoms with Crippen molar-refractivity contribution in [3.8, 4) is 0 Å². The van der Waals surface area contributed by atoms with Crippen LogP contribution in [0.25, 0.3) is 0 Å². The highest BCUT2D eigenvalue weighted by molar-refractivity contribution is 5.71. The number of hydrogen-bond donors (Lipinski definition) is 1. The zero-order chi connectivity index (χ0) is 10.6. The van der Waals surface area contributed by atoms with E-state index in [1.807, 2.05) is 0 Å². The maximum Gasteiger partial charge on any atom is 0.309 e. The molecule has 2 saturated carbocycles. The van der Waals surface area contributed by atoms with Crippen molar-refractivity contribution in [3.05, 3.63) is 0 Å². The normalized spacial score (nSPS) is 42.9. The molecule has 3 heteroatoms. The minimum Gasteiger partial charge on any atom is -0.481 e. The maximum atomic E-state index is 11.2. The van der Waals surface area contributed by atoms with Crippen molar-refractivity contribution in [3.63, 3.8) is 0 Å². The van der Waals surface area contributed by atoms with Gasteiger partial charge < -0.3 is 9.84 Å². The summed E-state index contributed by atoms with van der Waals surface area (Å²) in [6, 6.07) is 0. The van der Waals surface area contributed by atoms with E-state index in [0.717, 1.165) is 19.3 Å². The molecule has 0 spiro atoms. The first-order valence-corrected chi connectivity index (χ1v) is 5.98. The fraction of sp³-hybridized carbons (Fsp3) is 0.917. The first-order chi connectivity index (χ1) is 7.10. The van der Waals surface area contributed by atoms with E-state index in [9.17, 15) is 9.90 Å². The van der Waals surface area contributed by atoms with Crippen molar-refractivity contribution in [1.29, 1.82) is 0 Å². The van der Waals surface area contributed by atoms with E-state index < -0.39 is 5.97 Å². The standard InChI is InChI=1S/C12H18O3/c1-12(4-5-12)9-6-8(11(13)14)10(15-9)7-2-3-7/h7-10H,2-6H2,1H3,(H,13,14). The van der Waals surface area contributed by atoms with Gasteiger partial charge in [-0.3, -0.25) is 4.79 Å². The van der Waals surface area contributed by atoms with Gasteiger partial charge in [-0.15, -0.1) is 0 Å². The summed E-state index contributed by atoms with van der Waals surface area (Å²) >= 11 is 0. The van der Waals surface area contributed by atoms with Crippen molar-refractivity contribution >= 4 is 5.97 Å². The van der Waals surface area contributed by atoms with Crippen molar-refractivity contribution < 1.29 is 14.6 Å². The van der Waals surface area contributed by atoms with Gasteiger partial charge in [0.2, 0.25) is 0 Å². The molecule has 0 aromatic carbocycles. The number of carboxylic acids is 1. The molecule has 3 aliphatic rings. The molecule has 0 bridgehead atoms. The minimum atomic E-state index is -0.654. The van der Waals surface area contributed by atoms with Gasteiger partial charge in [-0.25, -0.2) is 0 Å². The summed E-state index contributed by atoms with van der Waals surface area (Å²) in [5, 5.41) is 9.18. The quantitative estimate of drug-likeness (QED) is 0.775. The number of rotatable bonds is 3. The Morgan fingerprint density at radius 3 is 2.53 bits per heavy atom. The molecule has 0 amide bonds. The summed E-state index contributed by atoms with van der Waals surface area (Å²) in [5.74, 6) is -0.350. The topological polar surface area (TPSA) is 46.5 Å². The highest BCUT2D eigenvalue weighted by Crippen LogP contribution is 2.56. The third-order valence-electron chi connectivity index (χ3n) is 4.41. The molecule has 1 heterocycles. The van der Waals surface area contributed by atoms with E-state index in [-0.39, 0.29) is 18.1 Å². The van der Waals surface area contributed by atoms with Gasteiger partial charge in [-0.05, 0) is 43.4 Å². The molecular formula is C12H18O3. The van der Waals surface area contributed by atoms with E-state index in [1.54, 1.807) is 0 Å². The third-order valence-corrected chi connectivity index (χ3v) is 4.41. The second-order valence-corrected chi connectivity index (χ2v) is 5.76. The Hall–Kier alpha value is -0.570. The molecule has 3 atom stereocenters. The van der Waals surface area contributed by atoms with Crippen LogP contribution >= 0.6 is 0 Å². The molecule has 84 valence electrons. The second kappa shape index (κ2) is 2.97. The fourth-order valence-corrected chi connectivity index (χ4v) is 2.78. The van der Waals surface area contributed by atoms with Gasteiger partial charge in [0.15, 0.2) is 0 Å². The SMILES string of the molecule is CC1(C2CC(C(=O)O)C(C3CC3)O2)CC1. The highest BCUT2D eigenvalue weighted by atomic mass is 16.5. The van der Waals surface area contributed by atoms with Crippen LogP contribution in [0.2, 0.25) is 0 Å². The molecular weight excluding hydrogens is 192 g/mol. The Morgan fingerprint density at radius 1 is 1.40 bits per heavy atom. The van der Waals surface area contributed by atoms with Crippen LogP contribution < -0.4 is 0 Å². The molecule has 1 N–H and O–H groups in total. The van der Waals surface area contributed by atoms with Crippen molar-refractivity contribution in [1.82, 2.24) is 0 Å². The molecule has 0 aromatic heterocycles. The van der Waals surface area contributed by atoms with E-state index in [4.69, 9.17) is 4.74 Å². The molecule has 3 fully saturated rings. The molecule has 3 rings (SSSR count). The lowest BCUT2D eigenvalue weighted by atomic mass is 9.91. The fourth-order valence-electron chi connectivity index (χ4n) is 2.78. The van der Waals surface area contributed by atoms with Crippen LogP contribution in [0.5, 0.6) is 0 Å². The molecule has 1 aliphatic heterocycles. The minimum absolute atomic E-state index is 0.0184. The van der Waals surface area contributed by atoms with Crippen LogP contribution in [0.3, 0.4) is 0 Å². The molecule has 3 nitrogen and oxygen atoms in total. The van der Waals surface area contributed by atoms with Gasteiger partial charge >= 0.3 is 5.97 Å². The summed E-state index contributed by atoms with van der Waals surface area (Å²) in [7, 11) is 0. The van der Waals surface area contributed by atoms with Crippen molar-refractivity contribution in [2.75, 3.05) is 0 Å². The van der Waals surface area contributed by atoms with Gasteiger partial charge in [0.1, 0.15) is 0 Å². The number of aliphatic carboxylic acids is 1. The number of carboxylic acid groups (broad SMARTS) is 1. The summed E-state index contributed by atoms with van der Waals surface area (Å²) in [6.45, 7) is 2.23. The summed E-state index contributed by atoms with van der Waals surface area (Å²) in [5.41, 5.74) is 0.303. The molecule has 1 saturated heterocycles. The van der Waals surface area contributed by atoms with Gasteiger partial charge in [-0.1, -0.05) is 6.92 Å². The van der Waals surface area contributed by atoms with Gasteiger partial charge in [0, 0.05) is 0 Å². The highest BCUT2D eigenvalue weighted by Gasteiger charge is 2.55. The molecule has 2 aliphatic carbocycles. The maximum absolute atomic E-state index is 11.2. The lowest BCUT2D eigenvalue weighted by molar-refractivity contribution is -0.144. The Balaban J connectivity index is 1.74. The van der Waals surface area contributed by atoms with Crippen LogP contribution in [0.4, 0.5) is 0 Å². The van der Waals surface area contributed by atoms with Gasteiger partial charge in [0.05, 0.1) is 18.1 Å². The predicted molar refractivity (Wildman–Crippen MR) is 54.5 cm³/mol. The Morgan fingerprint density at radius 2 is 2.07 bits per heavy atom. The van der Waals surface area contributed by atoms with Crippen LogP contribution in [0.15, 0.2) is 0 Å². The van der Waals surface area contributed by atoms with Gasteiger partial charge in [-0.2, -0.15) is 0 Å². The molecule has 3 unspecified atom stereocenters. The van der Waals surface area contributed by atoms with Crippen LogP contribution in [-0.2, 0) is 9.53 Å². The third kappa shape index (κ3) is 1.57. The summed E-state index contributed by atoms with van der Waals surface area (Å²) in [4.78, 5) is 11.2. The average molecular weight is 210 g/mol. The van der Waals surface area contributed by atoms with Crippen molar-refractivity contribution in [2.24, 2.45) is 17.3 Å². The molecule has 15 heavy (non-hydrogen) atoms. The van der Waals surface area contributed by atoms with E-state index >= 15 is 0 Å². The largest absolute Gasteiger partial charge is 0.481 e. The smallest absolute Gasteiger partial charge is 0.309 e. The molecule has 0 radical (unpaired) electrons. The van der Waals surface area contributed by atoms with Crippen LogP contribution in [-0.4, -0.2) is 23.3 Å². The monoisotopic (exact) mass is 210 g/mol.